The Morgan fingerprint density at radius 1 is 1.15 bits per heavy atom. The van der Waals surface area contributed by atoms with E-state index in [2.05, 4.69) is 26.5 Å². The highest BCUT2D eigenvalue weighted by Crippen LogP contribution is 2.37. The van der Waals surface area contributed by atoms with E-state index in [0.29, 0.717) is 31.0 Å². The average molecular weight is 534 g/mol. The highest BCUT2D eigenvalue weighted by molar-refractivity contribution is 5.94. The molecular formula is C27H25F2N7O3. The molecule has 4 heterocycles. The van der Waals surface area contributed by atoms with Crippen LogP contribution in [0.5, 0.6) is 5.75 Å². The van der Waals surface area contributed by atoms with E-state index < -0.39 is 34.3 Å². The van der Waals surface area contributed by atoms with Crippen LogP contribution in [0.15, 0.2) is 48.2 Å². The van der Waals surface area contributed by atoms with Crippen molar-refractivity contribution in [2.24, 2.45) is 0 Å². The quantitative estimate of drug-likeness (QED) is 0.398. The first-order valence-electron chi connectivity index (χ1n) is 12.2. The Kier molecular flexibility index (Phi) is 6.54. The lowest BCUT2D eigenvalue weighted by molar-refractivity contribution is -0.126. The third-order valence-corrected chi connectivity index (χ3v) is 6.88. The summed E-state index contributed by atoms with van der Waals surface area (Å²) in [6.45, 7) is 9.67. The summed E-state index contributed by atoms with van der Waals surface area (Å²) in [6.07, 6.45) is 3.87. The summed E-state index contributed by atoms with van der Waals surface area (Å²) in [5.74, 6) is -2.45. The number of fused-ring (bicyclic) bond motifs is 1. The van der Waals surface area contributed by atoms with Gasteiger partial charge in [-0.3, -0.25) is 14.3 Å². The van der Waals surface area contributed by atoms with Gasteiger partial charge in [-0.2, -0.15) is 4.98 Å². The van der Waals surface area contributed by atoms with E-state index >= 15 is 4.39 Å². The van der Waals surface area contributed by atoms with Crippen LogP contribution in [0.4, 0.5) is 14.6 Å². The Morgan fingerprint density at radius 3 is 2.51 bits per heavy atom. The summed E-state index contributed by atoms with van der Waals surface area (Å²) in [5.41, 5.74) is -0.884. The van der Waals surface area contributed by atoms with E-state index in [9.17, 15) is 19.1 Å². The number of carbonyl (C=O) groups is 1. The standard InChI is InChI=1S/C27H25F2N7O3/c1-5-20(38)34-9-10-35(14(2)12-34)26-17-11-30-23(21-18(28)7-6-8-19(21)37)22(29)25(17)36(27(39)33-26)24-15(3)31-13-32-16(24)4/h5-8,11,13-14,37H,1,9-10,12H2,2-4H3/t14-/m0/s1. The number of anilines is 1. The van der Waals surface area contributed by atoms with Crippen molar-refractivity contribution in [2.45, 2.75) is 26.8 Å². The molecule has 1 N–H and O–H groups in total. The van der Waals surface area contributed by atoms with Crippen LogP contribution in [0.1, 0.15) is 18.3 Å². The van der Waals surface area contributed by atoms with Gasteiger partial charge < -0.3 is 14.9 Å². The first-order chi connectivity index (χ1) is 18.6. The maximum absolute atomic E-state index is 16.5. The van der Waals surface area contributed by atoms with Crippen LogP contribution in [0.2, 0.25) is 0 Å². The van der Waals surface area contributed by atoms with Gasteiger partial charge in [0.1, 0.15) is 34.9 Å². The maximum atomic E-state index is 16.5. The number of piperazine rings is 1. The minimum absolute atomic E-state index is 0.173. The van der Waals surface area contributed by atoms with Crippen molar-refractivity contribution in [3.8, 4) is 22.7 Å². The molecule has 200 valence electrons. The zero-order chi connectivity index (χ0) is 28.0. The van der Waals surface area contributed by atoms with Crippen LogP contribution in [0.25, 0.3) is 27.8 Å². The molecule has 1 amide bonds. The molecule has 0 saturated carbocycles. The molecule has 10 nitrogen and oxygen atoms in total. The van der Waals surface area contributed by atoms with Crippen molar-refractivity contribution in [1.29, 1.82) is 0 Å². The number of rotatable bonds is 4. The van der Waals surface area contributed by atoms with Gasteiger partial charge in [0.25, 0.3) is 0 Å². The summed E-state index contributed by atoms with van der Waals surface area (Å²) in [5, 5.41) is 10.5. The number of aromatic hydroxyl groups is 1. The molecule has 12 heteroatoms. The number of aryl methyl sites for hydroxylation is 2. The van der Waals surface area contributed by atoms with Crippen LogP contribution in [0, 0.1) is 25.5 Å². The fraction of sp³-hybridized carbons (Fsp3) is 0.259. The second-order valence-corrected chi connectivity index (χ2v) is 9.29. The van der Waals surface area contributed by atoms with Crippen molar-refractivity contribution in [1.82, 2.24) is 29.4 Å². The number of amides is 1. The third-order valence-electron chi connectivity index (χ3n) is 6.88. The molecule has 39 heavy (non-hydrogen) atoms. The number of hydrogen-bond acceptors (Lipinski definition) is 8. The minimum Gasteiger partial charge on any atom is -0.507 e. The van der Waals surface area contributed by atoms with Crippen LogP contribution in [0.3, 0.4) is 0 Å². The zero-order valence-corrected chi connectivity index (χ0v) is 21.5. The molecule has 0 aliphatic carbocycles. The number of hydrogen-bond donors (Lipinski definition) is 1. The Hall–Kier alpha value is -4.74. The van der Waals surface area contributed by atoms with Crippen LogP contribution >= 0.6 is 0 Å². The van der Waals surface area contributed by atoms with Gasteiger partial charge in [0, 0.05) is 31.9 Å². The first kappa shape index (κ1) is 25.9. The highest BCUT2D eigenvalue weighted by atomic mass is 19.1. The molecule has 1 aromatic carbocycles. The van der Waals surface area contributed by atoms with Crippen LogP contribution in [-0.4, -0.2) is 66.1 Å². The summed E-state index contributed by atoms with van der Waals surface area (Å²) < 4.78 is 32.4. The van der Waals surface area contributed by atoms with Gasteiger partial charge >= 0.3 is 5.69 Å². The smallest absolute Gasteiger partial charge is 0.354 e. The van der Waals surface area contributed by atoms with E-state index in [1.165, 1.54) is 30.7 Å². The highest BCUT2D eigenvalue weighted by Gasteiger charge is 2.31. The van der Waals surface area contributed by atoms with Crippen molar-refractivity contribution in [3.63, 3.8) is 0 Å². The molecule has 0 spiro atoms. The number of benzene rings is 1. The molecule has 0 radical (unpaired) electrons. The van der Waals surface area contributed by atoms with Gasteiger partial charge in [-0.15, -0.1) is 0 Å². The third kappa shape index (κ3) is 4.27. The Morgan fingerprint density at radius 2 is 1.87 bits per heavy atom. The molecular weight excluding hydrogens is 508 g/mol. The van der Waals surface area contributed by atoms with Gasteiger partial charge in [-0.25, -0.2) is 23.5 Å². The van der Waals surface area contributed by atoms with Gasteiger partial charge in [-0.1, -0.05) is 12.6 Å². The maximum Gasteiger partial charge on any atom is 0.354 e. The van der Waals surface area contributed by atoms with E-state index in [1.807, 2.05) is 11.8 Å². The van der Waals surface area contributed by atoms with Gasteiger partial charge in [0.05, 0.1) is 28.0 Å². The van der Waals surface area contributed by atoms with Gasteiger partial charge in [0.2, 0.25) is 5.91 Å². The van der Waals surface area contributed by atoms with Crippen LogP contribution < -0.4 is 10.6 Å². The van der Waals surface area contributed by atoms with Crippen molar-refractivity contribution >= 4 is 22.6 Å². The van der Waals surface area contributed by atoms with E-state index in [1.54, 1.807) is 18.7 Å². The molecule has 0 bridgehead atoms. The monoisotopic (exact) mass is 533 g/mol. The number of phenols is 1. The van der Waals surface area contributed by atoms with Gasteiger partial charge in [-0.05, 0) is 39.0 Å². The molecule has 3 aromatic heterocycles. The number of aromatic nitrogens is 5. The lowest BCUT2D eigenvalue weighted by Crippen LogP contribution is -2.54. The molecule has 0 unspecified atom stereocenters. The molecule has 1 aliphatic heterocycles. The Balaban J connectivity index is 1.82. The molecule has 1 saturated heterocycles. The fourth-order valence-electron chi connectivity index (χ4n) is 5.02. The number of nitrogens with zero attached hydrogens (tertiary/aromatic N) is 7. The fourth-order valence-corrected chi connectivity index (χ4v) is 5.02. The normalized spacial score (nSPS) is 15.6. The number of phenolic OH excluding ortho intramolecular Hbond substituents is 1. The lowest BCUT2D eigenvalue weighted by atomic mass is 10.1. The topological polar surface area (TPSA) is 117 Å². The largest absolute Gasteiger partial charge is 0.507 e. The zero-order valence-electron chi connectivity index (χ0n) is 21.5. The second kappa shape index (κ2) is 9.86. The van der Waals surface area contributed by atoms with Gasteiger partial charge in [0.15, 0.2) is 5.82 Å². The molecule has 4 aromatic rings. The summed E-state index contributed by atoms with van der Waals surface area (Å²) in [6, 6.07) is 3.31. The van der Waals surface area contributed by atoms with E-state index in [-0.39, 0.29) is 34.4 Å². The number of halogens is 2. The van der Waals surface area contributed by atoms with Crippen molar-refractivity contribution in [2.75, 3.05) is 24.5 Å². The molecule has 5 rings (SSSR count). The molecule has 1 aliphatic rings. The predicted octanol–water partition coefficient (Wildman–Crippen LogP) is 3.06. The number of carbonyl (C=O) groups excluding carboxylic acids is 1. The summed E-state index contributed by atoms with van der Waals surface area (Å²) >= 11 is 0. The van der Waals surface area contributed by atoms with Crippen molar-refractivity contribution < 1.29 is 18.7 Å². The second-order valence-electron chi connectivity index (χ2n) is 9.29. The average Bonchev–Trinajstić information content (AvgIpc) is 2.90. The summed E-state index contributed by atoms with van der Waals surface area (Å²) in [7, 11) is 0. The van der Waals surface area contributed by atoms with Crippen molar-refractivity contribution in [3.05, 3.63) is 76.9 Å². The first-order valence-corrected chi connectivity index (χ1v) is 12.2. The number of pyridine rings is 1. The summed E-state index contributed by atoms with van der Waals surface area (Å²) in [4.78, 5) is 46.1. The SMILES string of the molecule is C=CC(=O)N1CCN(c2nc(=O)n(-c3c(C)ncnc3C)c3c(F)c(-c4c(O)cccc4F)ncc23)[C@@H](C)C1. The van der Waals surface area contributed by atoms with Crippen LogP contribution in [-0.2, 0) is 4.79 Å². The van der Waals surface area contributed by atoms with E-state index in [4.69, 9.17) is 0 Å². The Bertz CT molecular complexity index is 1670. The minimum atomic E-state index is -1.02. The van der Waals surface area contributed by atoms with E-state index in [0.717, 1.165) is 10.6 Å². The predicted molar refractivity (Wildman–Crippen MR) is 141 cm³/mol. The lowest BCUT2D eigenvalue weighted by Gasteiger charge is -2.40. The molecule has 1 atom stereocenters. The Labute approximate surface area is 221 Å². The molecule has 1 fully saturated rings.